The normalized spacial score (nSPS) is 19.3. The van der Waals surface area contributed by atoms with Gasteiger partial charge in [-0.2, -0.15) is 0 Å². The number of fused-ring (bicyclic) bond motifs is 1. The van der Waals surface area contributed by atoms with E-state index in [0.717, 1.165) is 6.61 Å². The maximum absolute atomic E-state index is 5.96. The van der Waals surface area contributed by atoms with Crippen LogP contribution >= 0.6 is 0 Å². The summed E-state index contributed by atoms with van der Waals surface area (Å²) in [6.45, 7) is 7.51. The minimum Gasteiger partial charge on any atom is -0.417 e. The minimum atomic E-state index is -1.61. The van der Waals surface area contributed by atoms with Gasteiger partial charge in [0.2, 0.25) is 0 Å². The van der Waals surface area contributed by atoms with Crippen molar-refractivity contribution in [3.63, 3.8) is 0 Å². The van der Waals surface area contributed by atoms with Gasteiger partial charge in [-0.25, -0.2) is 0 Å². The van der Waals surface area contributed by atoms with Crippen LogP contribution in [0, 0.1) is 0 Å². The summed E-state index contributed by atoms with van der Waals surface area (Å²) in [6, 6.07) is 8.63. The Hall–Kier alpha value is -0.863. The molecule has 2 rings (SSSR count). The Labute approximate surface area is 92.9 Å². The first-order valence-electron chi connectivity index (χ1n) is 5.56. The lowest BCUT2D eigenvalue weighted by molar-refractivity contribution is 0.325. The first-order valence-corrected chi connectivity index (χ1v) is 8.55. The predicted molar refractivity (Wildman–Crippen MR) is 67.3 cm³/mol. The topological polar surface area (TPSA) is 9.23 Å². The van der Waals surface area contributed by atoms with Gasteiger partial charge in [0.05, 0.1) is 0 Å². The van der Waals surface area contributed by atoms with E-state index in [1.807, 2.05) is 0 Å². The first kappa shape index (κ1) is 10.6. The van der Waals surface area contributed by atoms with E-state index in [1.54, 1.807) is 0 Å². The quantitative estimate of drug-likeness (QED) is 0.705. The molecular weight excluding hydrogens is 200 g/mol. The second-order valence-electron chi connectivity index (χ2n) is 4.50. The van der Waals surface area contributed by atoms with Gasteiger partial charge in [-0.1, -0.05) is 36.4 Å². The van der Waals surface area contributed by atoms with Crippen molar-refractivity contribution in [1.29, 1.82) is 0 Å². The zero-order valence-electron chi connectivity index (χ0n) is 9.66. The highest BCUT2D eigenvalue weighted by Gasteiger charge is 2.35. The Morgan fingerprint density at radius 1 is 1.27 bits per heavy atom. The van der Waals surface area contributed by atoms with E-state index >= 15 is 0 Å². The van der Waals surface area contributed by atoms with Crippen LogP contribution in [-0.2, 0) is 4.43 Å². The molecule has 15 heavy (non-hydrogen) atoms. The molecule has 0 spiro atoms. The lowest BCUT2D eigenvalue weighted by Crippen LogP contribution is -2.37. The number of rotatable bonds is 3. The third-order valence-electron chi connectivity index (χ3n) is 3.06. The van der Waals surface area contributed by atoms with Crippen LogP contribution in [0.5, 0.6) is 0 Å². The van der Waals surface area contributed by atoms with Crippen LogP contribution in [0.1, 0.15) is 23.6 Å². The molecule has 1 aromatic rings. The molecule has 0 bridgehead atoms. The van der Waals surface area contributed by atoms with Crippen molar-refractivity contribution in [1.82, 2.24) is 0 Å². The van der Waals surface area contributed by atoms with Crippen LogP contribution in [0.3, 0.4) is 0 Å². The second-order valence-corrected chi connectivity index (χ2v) is 8.62. The summed E-state index contributed by atoms with van der Waals surface area (Å²) >= 11 is 0. The fourth-order valence-corrected chi connectivity index (χ4v) is 4.81. The fourth-order valence-electron chi connectivity index (χ4n) is 2.32. The van der Waals surface area contributed by atoms with Gasteiger partial charge in [-0.3, -0.25) is 0 Å². The molecule has 0 amide bonds. The first-order chi connectivity index (χ1) is 7.15. The molecule has 0 N–H and O–H groups in total. The molecule has 1 aromatic carbocycles. The molecule has 80 valence electrons. The van der Waals surface area contributed by atoms with Gasteiger partial charge in [0.25, 0.3) is 0 Å². The van der Waals surface area contributed by atoms with Crippen LogP contribution in [0.2, 0.25) is 13.1 Å². The van der Waals surface area contributed by atoms with Crippen LogP contribution in [0.25, 0.3) is 6.08 Å². The Balaban J connectivity index is 2.31. The van der Waals surface area contributed by atoms with Crippen molar-refractivity contribution in [3.8, 4) is 0 Å². The van der Waals surface area contributed by atoms with Gasteiger partial charge in [0, 0.05) is 12.1 Å². The highest BCUT2D eigenvalue weighted by atomic mass is 28.4. The van der Waals surface area contributed by atoms with Crippen LogP contribution < -0.4 is 0 Å². The van der Waals surface area contributed by atoms with Crippen LogP contribution in [-0.4, -0.2) is 14.9 Å². The van der Waals surface area contributed by atoms with Gasteiger partial charge >= 0.3 is 0 Å². The fraction of sp³-hybridized carbons (Fsp3) is 0.385. The van der Waals surface area contributed by atoms with Crippen molar-refractivity contribution < 1.29 is 4.43 Å². The molecule has 0 heterocycles. The summed E-state index contributed by atoms with van der Waals surface area (Å²) in [5.41, 5.74) is 3.33. The maximum Gasteiger partial charge on any atom is 0.197 e. The van der Waals surface area contributed by atoms with E-state index in [1.165, 1.54) is 11.1 Å². The van der Waals surface area contributed by atoms with E-state index in [0.29, 0.717) is 5.54 Å². The average molecular weight is 218 g/mol. The molecule has 1 unspecified atom stereocenters. The van der Waals surface area contributed by atoms with E-state index in [9.17, 15) is 0 Å². The molecule has 2 heteroatoms. The van der Waals surface area contributed by atoms with Crippen LogP contribution in [0.4, 0.5) is 0 Å². The smallest absolute Gasteiger partial charge is 0.197 e. The molecular formula is C13H18OSi. The maximum atomic E-state index is 5.96. The molecule has 0 fully saturated rings. The van der Waals surface area contributed by atoms with E-state index in [4.69, 9.17) is 4.43 Å². The molecule has 1 aliphatic rings. The summed E-state index contributed by atoms with van der Waals surface area (Å²) in [5.74, 6) is 0. The number of benzene rings is 1. The SMILES string of the molecule is CCO[Si](C)(C)C1C=Cc2ccccc21. The summed E-state index contributed by atoms with van der Waals surface area (Å²) in [5, 5.41) is 0. The Morgan fingerprint density at radius 3 is 2.73 bits per heavy atom. The van der Waals surface area contributed by atoms with Crippen LogP contribution in [0.15, 0.2) is 30.3 Å². The second kappa shape index (κ2) is 3.95. The third kappa shape index (κ3) is 1.92. The van der Waals surface area contributed by atoms with Crippen molar-refractivity contribution in [2.75, 3.05) is 6.61 Å². The highest BCUT2D eigenvalue weighted by molar-refractivity contribution is 6.73. The number of allylic oxidation sites excluding steroid dienone is 1. The van der Waals surface area contributed by atoms with Crippen molar-refractivity contribution in [2.45, 2.75) is 25.6 Å². The van der Waals surface area contributed by atoms with Crippen molar-refractivity contribution in [3.05, 3.63) is 41.5 Å². The number of hydrogen-bond acceptors (Lipinski definition) is 1. The summed E-state index contributed by atoms with van der Waals surface area (Å²) in [4.78, 5) is 0. The largest absolute Gasteiger partial charge is 0.417 e. The predicted octanol–water partition coefficient (Wildman–Crippen LogP) is 3.58. The van der Waals surface area contributed by atoms with E-state index in [-0.39, 0.29) is 0 Å². The summed E-state index contributed by atoms with van der Waals surface area (Å²) in [6.07, 6.45) is 4.54. The average Bonchev–Trinajstić information content (AvgIpc) is 2.61. The van der Waals surface area contributed by atoms with E-state index < -0.39 is 8.32 Å². The monoisotopic (exact) mass is 218 g/mol. The standard InChI is InChI=1S/C13H18OSi/c1-4-14-15(2,3)13-10-9-11-7-5-6-8-12(11)13/h5-10,13H,4H2,1-3H3. The van der Waals surface area contributed by atoms with Gasteiger partial charge in [0.15, 0.2) is 8.32 Å². The number of hydrogen-bond donors (Lipinski definition) is 0. The molecule has 0 saturated carbocycles. The highest BCUT2D eigenvalue weighted by Crippen LogP contribution is 2.36. The zero-order valence-corrected chi connectivity index (χ0v) is 10.7. The molecule has 1 atom stereocenters. The summed E-state index contributed by atoms with van der Waals surface area (Å²) in [7, 11) is -1.61. The van der Waals surface area contributed by atoms with Gasteiger partial charge < -0.3 is 4.43 Å². The van der Waals surface area contributed by atoms with E-state index in [2.05, 4.69) is 56.4 Å². The minimum absolute atomic E-state index is 0.522. The molecule has 0 radical (unpaired) electrons. The molecule has 1 nitrogen and oxygen atoms in total. The third-order valence-corrected chi connectivity index (χ3v) is 6.10. The molecule has 0 aliphatic heterocycles. The lowest BCUT2D eigenvalue weighted by Gasteiger charge is -2.28. The Kier molecular flexibility index (Phi) is 2.80. The zero-order chi connectivity index (χ0) is 10.9. The van der Waals surface area contributed by atoms with Crippen molar-refractivity contribution in [2.24, 2.45) is 0 Å². The van der Waals surface area contributed by atoms with Crippen molar-refractivity contribution >= 4 is 14.4 Å². The molecule has 0 aromatic heterocycles. The van der Waals surface area contributed by atoms with Gasteiger partial charge in [-0.05, 0) is 31.1 Å². The lowest BCUT2D eigenvalue weighted by atomic mass is 10.1. The Bertz CT molecular complexity index is 382. The molecule has 1 aliphatic carbocycles. The summed E-state index contributed by atoms with van der Waals surface area (Å²) < 4.78 is 5.96. The molecule has 0 saturated heterocycles. The van der Waals surface area contributed by atoms with Gasteiger partial charge in [-0.15, -0.1) is 0 Å². The van der Waals surface area contributed by atoms with Gasteiger partial charge in [0.1, 0.15) is 0 Å². The Morgan fingerprint density at radius 2 is 2.00 bits per heavy atom.